The normalized spacial score (nSPS) is 18.4. The second-order valence-electron chi connectivity index (χ2n) is 4.70. The van der Waals surface area contributed by atoms with Crippen LogP contribution in [0.3, 0.4) is 0 Å². The van der Waals surface area contributed by atoms with E-state index in [0.29, 0.717) is 18.0 Å². The van der Waals surface area contributed by atoms with Crippen molar-refractivity contribution in [2.75, 3.05) is 24.6 Å². The second-order valence-corrected chi connectivity index (χ2v) is 4.70. The van der Waals surface area contributed by atoms with E-state index in [-0.39, 0.29) is 6.10 Å². The lowest BCUT2D eigenvalue weighted by molar-refractivity contribution is 0.0909. The van der Waals surface area contributed by atoms with Crippen molar-refractivity contribution in [1.82, 2.24) is 10.2 Å². The van der Waals surface area contributed by atoms with Gasteiger partial charge in [-0.05, 0) is 25.8 Å². The summed E-state index contributed by atoms with van der Waals surface area (Å²) in [7, 11) is 0. The van der Waals surface area contributed by atoms with Gasteiger partial charge in [-0.3, -0.25) is 0 Å². The van der Waals surface area contributed by atoms with E-state index in [0.717, 1.165) is 30.8 Å². The van der Waals surface area contributed by atoms with Crippen LogP contribution in [0.25, 0.3) is 0 Å². The molecule has 0 spiro atoms. The first-order chi connectivity index (χ1) is 9.17. The Morgan fingerprint density at radius 1 is 1.53 bits per heavy atom. The third kappa shape index (κ3) is 2.74. The molecule has 100 valence electrons. The number of aryl methyl sites for hydroxylation is 1. The molecule has 1 aliphatic heterocycles. The largest absolute Gasteiger partial charge is 0.372 e. The van der Waals surface area contributed by atoms with Gasteiger partial charge in [0.2, 0.25) is 0 Å². The molecule has 1 aromatic heterocycles. The van der Waals surface area contributed by atoms with E-state index in [9.17, 15) is 5.26 Å². The Hall–Kier alpha value is -1.93. The van der Waals surface area contributed by atoms with E-state index >= 15 is 0 Å². The van der Waals surface area contributed by atoms with Gasteiger partial charge >= 0.3 is 0 Å². The van der Waals surface area contributed by atoms with Crippen LogP contribution in [0.4, 0.5) is 5.82 Å². The van der Waals surface area contributed by atoms with E-state index in [1.807, 2.05) is 13.8 Å². The first-order valence-corrected chi connectivity index (χ1v) is 6.38. The van der Waals surface area contributed by atoms with Gasteiger partial charge in [-0.25, -0.2) is 0 Å². The molecule has 0 saturated carbocycles. The second kappa shape index (κ2) is 5.81. The number of rotatable bonds is 4. The molecule has 0 radical (unpaired) electrons. The molecule has 1 atom stereocenters. The first kappa shape index (κ1) is 13.5. The molecular weight excluding hydrogens is 240 g/mol. The van der Waals surface area contributed by atoms with Crippen molar-refractivity contribution in [3.63, 3.8) is 0 Å². The lowest BCUT2D eigenvalue weighted by Crippen LogP contribution is -2.25. The van der Waals surface area contributed by atoms with Gasteiger partial charge in [-0.1, -0.05) is 6.08 Å². The minimum Gasteiger partial charge on any atom is -0.372 e. The number of aromatic nitrogens is 2. The maximum absolute atomic E-state index is 9.30. The van der Waals surface area contributed by atoms with Crippen LogP contribution in [-0.2, 0) is 4.74 Å². The minimum atomic E-state index is 0.174. The lowest BCUT2D eigenvalue weighted by Gasteiger charge is -2.19. The summed E-state index contributed by atoms with van der Waals surface area (Å²) in [6, 6.07) is 2.24. The summed E-state index contributed by atoms with van der Waals surface area (Å²) in [5.41, 5.74) is 2.33. The van der Waals surface area contributed by atoms with Crippen molar-refractivity contribution < 1.29 is 4.74 Å². The SMILES string of the molecule is C=CCOC1CCN(c2nnc(C)c(C)c2C#N)C1. The highest BCUT2D eigenvalue weighted by Gasteiger charge is 2.26. The van der Waals surface area contributed by atoms with Crippen LogP contribution >= 0.6 is 0 Å². The molecule has 1 unspecified atom stereocenters. The molecule has 2 heterocycles. The highest BCUT2D eigenvalue weighted by Crippen LogP contribution is 2.25. The van der Waals surface area contributed by atoms with Gasteiger partial charge in [0.1, 0.15) is 11.6 Å². The van der Waals surface area contributed by atoms with Crippen molar-refractivity contribution in [3.05, 3.63) is 29.5 Å². The molecule has 0 aliphatic carbocycles. The fourth-order valence-electron chi connectivity index (χ4n) is 2.21. The van der Waals surface area contributed by atoms with E-state index in [4.69, 9.17) is 4.74 Å². The Morgan fingerprint density at radius 3 is 3.00 bits per heavy atom. The van der Waals surface area contributed by atoms with Gasteiger partial charge in [-0.2, -0.15) is 10.4 Å². The Bertz CT molecular complexity index is 521. The predicted molar refractivity (Wildman–Crippen MR) is 73.0 cm³/mol. The molecule has 0 aromatic carbocycles. The third-order valence-electron chi connectivity index (χ3n) is 3.44. The molecular formula is C14H18N4O. The Balaban J connectivity index is 2.18. The highest BCUT2D eigenvalue weighted by molar-refractivity contribution is 5.58. The standard InChI is InChI=1S/C14H18N4O/c1-4-7-19-12-5-6-18(9-12)14-13(8-15)10(2)11(3)16-17-14/h4,12H,1,5-7,9H2,2-3H3. The van der Waals surface area contributed by atoms with E-state index in [2.05, 4.69) is 27.7 Å². The first-order valence-electron chi connectivity index (χ1n) is 6.38. The Kier molecular flexibility index (Phi) is 4.13. The summed E-state index contributed by atoms with van der Waals surface area (Å²) in [6.07, 6.45) is 2.86. The fraction of sp³-hybridized carbons (Fsp3) is 0.500. The maximum Gasteiger partial charge on any atom is 0.169 e. The number of nitrogens with zero attached hydrogens (tertiary/aromatic N) is 4. The van der Waals surface area contributed by atoms with Crippen LogP contribution in [-0.4, -0.2) is 36.0 Å². The van der Waals surface area contributed by atoms with E-state index < -0.39 is 0 Å². The van der Waals surface area contributed by atoms with Crippen molar-refractivity contribution in [3.8, 4) is 6.07 Å². The Morgan fingerprint density at radius 2 is 2.32 bits per heavy atom. The predicted octanol–water partition coefficient (Wildman–Crippen LogP) is 1.75. The smallest absolute Gasteiger partial charge is 0.169 e. The molecule has 5 heteroatoms. The minimum absolute atomic E-state index is 0.174. The molecule has 0 bridgehead atoms. The van der Waals surface area contributed by atoms with Gasteiger partial charge < -0.3 is 9.64 Å². The zero-order valence-corrected chi connectivity index (χ0v) is 11.4. The molecule has 0 N–H and O–H groups in total. The van der Waals surface area contributed by atoms with Crippen molar-refractivity contribution in [1.29, 1.82) is 5.26 Å². The van der Waals surface area contributed by atoms with Gasteiger partial charge in [-0.15, -0.1) is 11.7 Å². The van der Waals surface area contributed by atoms with Crippen LogP contribution in [0.2, 0.25) is 0 Å². The average Bonchev–Trinajstić information content (AvgIpc) is 2.88. The highest BCUT2D eigenvalue weighted by atomic mass is 16.5. The quantitative estimate of drug-likeness (QED) is 0.770. The summed E-state index contributed by atoms with van der Waals surface area (Å²) in [5, 5.41) is 17.6. The van der Waals surface area contributed by atoms with E-state index in [1.165, 1.54) is 0 Å². The average molecular weight is 258 g/mol. The summed E-state index contributed by atoms with van der Waals surface area (Å²) in [4.78, 5) is 2.08. The van der Waals surface area contributed by atoms with Crippen LogP contribution in [0, 0.1) is 25.2 Å². The molecule has 1 aliphatic rings. The van der Waals surface area contributed by atoms with Gasteiger partial charge in [0.05, 0.1) is 18.4 Å². The maximum atomic E-state index is 9.30. The molecule has 1 aromatic rings. The molecule has 2 rings (SSSR count). The molecule has 1 fully saturated rings. The molecule has 5 nitrogen and oxygen atoms in total. The number of ether oxygens (including phenoxy) is 1. The zero-order valence-electron chi connectivity index (χ0n) is 11.4. The molecule has 19 heavy (non-hydrogen) atoms. The number of nitriles is 1. The van der Waals surface area contributed by atoms with E-state index in [1.54, 1.807) is 6.08 Å². The monoisotopic (exact) mass is 258 g/mol. The summed E-state index contributed by atoms with van der Waals surface area (Å²) in [5.74, 6) is 0.676. The van der Waals surface area contributed by atoms with Crippen LogP contribution in [0.5, 0.6) is 0 Å². The number of hydrogen-bond acceptors (Lipinski definition) is 5. The van der Waals surface area contributed by atoms with Crippen molar-refractivity contribution in [2.24, 2.45) is 0 Å². The summed E-state index contributed by atoms with van der Waals surface area (Å²) >= 11 is 0. The van der Waals surface area contributed by atoms with Gasteiger partial charge in [0.15, 0.2) is 5.82 Å². The topological polar surface area (TPSA) is 62.0 Å². The van der Waals surface area contributed by atoms with Crippen LogP contribution < -0.4 is 4.90 Å². The van der Waals surface area contributed by atoms with Crippen molar-refractivity contribution in [2.45, 2.75) is 26.4 Å². The van der Waals surface area contributed by atoms with Gasteiger partial charge in [0.25, 0.3) is 0 Å². The molecule has 0 amide bonds. The summed E-state index contributed by atoms with van der Waals surface area (Å²) in [6.45, 7) is 9.57. The molecule has 1 saturated heterocycles. The summed E-state index contributed by atoms with van der Waals surface area (Å²) < 4.78 is 5.64. The number of anilines is 1. The van der Waals surface area contributed by atoms with Gasteiger partial charge in [0, 0.05) is 13.1 Å². The zero-order chi connectivity index (χ0) is 13.8. The van der Waals surface area contributed by atoms with Crippen LogP contribution in [0.15, 0.2) is 12.7 Å². The van der Waals surface area contributed by atoms with Crippen molar-refractivity contribution >= 4 is 5.82 Å². The lowest BCUT2D eigenvalue weighted by atomic mass is 10.1. The Labute approximate surface area is 113 Å². The third-order valence-corrected chi connectivity index (χ3v) is 3.44. The fourth-order valence-corrected chi connectivity index (χ4v) is 2.21. The number of hydrogen-bond donors (Lipinski definition) is 0. The van der Waals surface area contributed by atoms with Crippen LogP contribution in [0.1, 0.15) is 23.2 Å².